The van der Waals surface area contributed by atoms with Gasteiger partial charge in [0.1, 0.15) is 0 Å². The first-order chi connectivity index (χ1) is 10.1. The predicted octanol–water partition coefficient (Wildman–Crippen LogP) is 2.59. The van der Waals surface area contributed by atoms with E-state index >= 15 is 0 Å². The van der Waals surface area contributed by atoms with E-state index in [9.17, 15) is 4.79 Å². The molecular weight excluding hydrogens is 262 g/mol. The van der Waals surface area contributed by atoms with Crippen LogP contribution in [0.5, 0.6) is 0 Å². The van der Waals surface area contributed by atoms with E-state index in [0.717, 1.165) is 37.9 Å². The van der Waals surface area contributed by atoms with Gasteiger partial charge in [0.15, 0.2) is 0 Å². The van der Waals surface area contributed by atoms with Crippen molar-refractivity contribution in [2.75, 3.05) is 19.4 Å². The average molecular weight is 289 g/mol. The first kappa shape index (κ1) is 16.0. The first-order valence-electron chi connectivity index (χ1n) is 7.86. The predicted molar refractivity (Wildman–Crippen MR) is 87.0 cm³/mol. The molecule has 4 heteroatoms. The third kappa shape index (κ3) is 4.83. The molecule has 21 heavy (non-hydrogen) atoms. The zero-order chi connectivity index (χ0) is 15.2. The number of hydrogen-bond donors (Lipinski definition) is 2. The Morgan fingerprint density at radius 2 is 2.05 bits per heavy atom. The third-order valence-electron chi connectivity index (χ3n) is 4.10. The molecular formula is C17H27N3O. The lowest BCUT2D eigenvalue weighted by atomic mass is 9.94. The number of rotatable bonds is 4. The minimum Gasteiger partial charge on any atom is -0.327 e. The first-order valence-corrected chi connectivity index (χ1v) is 7.86. The number of carbonyl (C=O) groups is 1. The maximum absolute atomic E-state index is 12.5. The quantitative estimate of drug-likeness (QED) is 0.838. The highest BCUT2D eigenvalue weighted by molar-refractivity contribution is 5.93. The molecule has 3 N–H and O–H groups in total. The van der Waals surface area contributed by atoms with Crippen LogP contribution < -0.4 is 11.1 Å². The van der Waals surface area contributed by atoms with Gasteiger partial charge in [-0.05, 0) is 44.6 Å². The van der Waals surface area contributed by atoms with E-state index in [0.29, 0.717) is 0 Å². The second kappa shape index (κ2) is 7.57. The van der Waals surface area contributed by atoms with Crippen molar-refractivity contribution in [3.05, 3.63) is 29.8 Å². The summed E-state index contributed by atoms with van der Waals surface area (Å²) in [4.78, 5) is 14.6. The van der Waals surface area contributed by atoms with E-state index in [2.05, 4.69) is 16.3 Å². The normalized spacial score (nSPS) is 22.9. The van der Waals surface area contributed by atoms with E-state index in [1.54, 1.807) is 0 Å². The van der Waals surface area contributed by atoms with Crippen LogP contribution in [-0.2, 0) is 11.3 Å². The van der Waals surface area contributed by atoms with E-state index < -0.39 is 0 Å². The second-order valence-corrected chi connectivity index (χ2v) is 6.34. The summed E-state index contributed by atoms with van der Waals surface area (Å²) in [6.45, 7) is 0.868. The molecule has 1 aliphatic carbocycles. The number of amides is 1. The van der Waals surface area contributed by atoms with E-state index in [4.69, 9.17) is 5.73 Å². The molecule has 1 fully saturated rings. The summed E-state index contributed by atoms with van der Waals surface area (Å²) in [6.07, 6.45) is 5.30. The fourth-order valence-electron chi connectivity index (χ4n) is 3.01. The highest BCUT2D eigenvalue weighted by atomic mass is 16.1. The summed E-state index contributed by atoms with van der Waals surface area (Å²) >= 11 is 0. The number of hydrogen-bond acceptors (Lipinski definition) is 3. The maximum Gasteiger partial charge on any atom is 0.229 e. The lowest BCUT2D eigenvalue weighted by molar-refractivity contribution is -0.120. The molecule has 0 aliphatic heterocycles. The summed E-state index contributed by atoms with van der Waals surface area (Å²) < 4.78 is 0. The van der Waals surface area contributed by atoms with Gasteiger partial charge in [0.05, 0.1) is 5.92 Å². The Balaban J connectivity index is 2.01. The number of nitrogens with zero attached hydrogens (tertiary/aromatic N) is 1. The van der Waals surface area contributed by atoms with Gasteiger partial charge < -0.3 is 16.0 Å². The van der Waals surface area contributed by atoms with Crippen molar-refractivity contribution in [1.82, 2.24) is 4.90 Å². The minimum atomic E-state index is -0.0509. The molecule has 4 nitrogen and oxygen atoms in total. The van der Waals surface area contributed by atoms with Crippen molar-refractivity contribution < 1.29 is 4.79 Å². The van der Waals surface area contributed by atoms with Gasteiger partial charge in [-0.3, -0.25) is 4.79 Å². The van der Waals surface area contributed by atoms with Crippen molar-refractivity contribution in [2.24, 2.45) is 11.7 Å². The summed E-state index contributed by atoms with van der Waals surface area (Å²) in [5.41, 5.74) is 8.23. The number of anilines is 1. The molecule has 0 aromatic heterocycles. The molecule has 0 saturated heterocycles. The van der Waals surface area contributed by atoms with Crippen molar-refractivity contribution >= 4 is 11.6 Å². The second-order valence-electron chi connectivity index (χ2n) is 6.34. The fourth-order valence-corrected chi connectivity index (χ4v) is 3.01. The molecule has 0 heterocycles. The largest absolute Gasteiger partial charge is 0.327 e. The SMILES string of the molecule is CN(C)Cc1cccc(NC(=O)C2CCCCCC2N)c1. The van der Waals surface area contributed by atoms with Gasteiger partial charge in [-0.25, -0.2) is 0 Å². The molecule has 0 radical (unpaired) electrons. The van der Waals surface area contributed by atoms with Crippen LogP contribution in [0.25, 0.3) is 0 Å². The monoisotopic (exact) mass is 289 g/mol. The van der Waals surface area contributed by atoms with Crippen LogP contribution in [0, 0.1) is 5.92 Å². The van der Waals surface area contributed by atoms with Crippen molar-refractivity contribution in [2.45, 2.75) is 44.7 Å². The van der Waals surface area contributed by atoms with E-state index in [1.807, 2.05) is 32.3 Å². The van der Waals surface area contributed by atoms with E-state index in [-0.39, 0.29) is 17.9 Å². The lowest BCUT2D eigenvalue weighted by Crippen LogP contribution is -2.37. The topological polar surface area (TPSA) is 58.4 Å². The van der Waals surface area contributed by atoms with Crippen molar-refractivity contribution in [3.8, 4) is 0 Å². The number of nitrogens with two attached hydrogens (primary N) is 1. The van der Waals surface area contributed by atoms with Crippen molar-refractivity contribution in [1.29, 1.82) is 0 Å². The Morgan fingerprint density at radius 1 is 1.29 bits per heavy atom. The number of benzene rings is 1. The van der Waals surface area contributed by atoms with Crippen LogP contribution in [0.1, 0.15) is 37.7 Å². The molecule has 2 unspecified atom stereocenters. The Labute approximate surface area is 127 Å². The van der Waals surface area contributed by atoms with E-state index in [1.165, 1.54) is 12.0 Å². The highest BCUT2D eigenvalue weighted by Gasteiger charge is 2.26. The average Bonchev–Trinajstić information content (AvgIpc) is 2.63. The zero-order valence-electron chi connectivity index (χ0n) is 13.1. The van der Waals surface area contributed by atoms with Gasteiger partial charge in [0, 0.05) is 18.3 Å². The van der Waals surface area contributed by atoms with Gasteiger partial charge in [-0.2, -0.15) is 0 Å². The summed E-state index contributed by atoms with van der Waals surface area (Å²) in [6, 6.07) is 8.05. The Morgan fingerprint density at radius 3 is 2.81 bits per heavy atom. The van der Waals surface area contributed by atoms with Crippen molar-refractivity contribution in [3.63, 3.8) is 0 Å². The van der Waals surface area contributed by atoms with Crippen LogP contribution in [0.2, 0.25) is 0 Å². The lowest BCUT2D eigenvalue weighted by Gasteiger charge is -2.21. The molecule has 2 atom stereocenters. The van der Waals surface area contributed by atoms with Crippen LogP contribution in [0.15, 0.2) is 24.3 Å². The summed E-state index contributed by atoms with van der Waals surface area (Å²) in [7, 11) is 4.08. The summed E-state index contributed by atoms with van der Waals surface area (Å²) in [5.74, 6) is 0.0245. The molecule has 0 bridgehead atoms. The van der Waals surface area contributed by atoms with Gasteiger partial charge in [-0.15, -0.1) is 0 Å². The fraction of sp³-hybridized carbons (Fsp3) is 0.588. The Bertz CT molecular complexity index is 473. The molecule has 0 spiro atoms. The molecule has 1 aromatic rings. The van der Waals surface area contributed by atoms with Gasteiger partial charge in [-0.1, -0.05) is 31.4 Å². The Kier molecular flexibility index (Phi) is 5.76. The molecule has 116 valence electrons. The Hall–Kier alpha value is -1.39. The number of carbonyl (C=O) groups excluding carboxylic acids is 1. The summed E-state index contributed by atoms with van der Waals surface area (Å²) in [5, 5.41) is 3.05. The standard InChI is InChI=1S/C17H27N3O/c1-20(2)12-13-7-6-8-14(11-13)19-17(21)15-9-4-3-5-10-16(15)18/h6-8,11,15-16H,3-5,9-10,12,18H2,1-2H3,(H,19,21). The molecule has 1 saturated carbocycles. The van der Waals surface area contributed by atoms with Crippen LogP contribution in [0.3, 0.4) is 0 Å². The van der Waals surface area contributed by atoms with Crippen LogP contribution in [-0.4, -0.2) is 30.9 Å². The molecule has 1 aromatic carbocycles. The zero-order valence-corrected chi connectivity index (χ0v) is 13.1. The molecule has 1 aliphatic rings. The number of nitrogens with one attached hydrogen (secondary N) is 1. The maximum atomic E-state index is 12.5. The molecule has 1 amide bonds. The van der Waals surface area contributed by atoms with Gasteiger partial charge in [0.2, 0.25) is 5.91 Å². The van der Waals surface area contributed by atoms with Gasteiger partial charge >= 0.3 is 0 Å². The smallest absolute Gasteiger partial charge is 0.229 e. The van der Waals surface area contributed by atoms with Gasteiger partial charge in [0.25, 0.3) is 0 Å². The third-order valence-corrected chi connectivity index (χ3v) is 4.10. The van der Waals surface area contributed by atoms with Crippen LogP contribution >= 0.6 is 0 Å². The highest BCUT2D eigenvalue weighted by Crippen LogP contribution is 2.24. The van der Waals surface area contributed by atoms with Crippen LogP contribution in [0.4, 0.5) is 5.69 Å². The molecule has 2 rings (SSSR count). The minimum absolute atomic E-state index is 0.00235.